The number of aromatic nitrogens is 2. The van der Waals surface area contributed by atoms with E-state index in [2.05, 4.69) is 22.2 Å². The minimum atomic E-state index is -0.0810. The monoisotopic (exact) mass is 407 g/mol. The zero-order valence-corrected chi connectivity index (χ0v) is 18.2. The molecule has 1 unspecified atom stereocenters. The van der Waals surface area contributed by atoms with Crippen molar-refractivity contribution >= 4 is 11.9 Å². The predicted molar refractivity (Wildman–Crippen MR) is 114 cm³/mol. The quantitative estimate of drug-likeness (QED) is 0.263. The van der Waals surface area contributed by atoms with Crippen LogP contribution in [-0.4, -0.2) is 66.0 Å². The number of nitrogens with zero attached hydrogens (tertiary/aromatic N) is 4. The molecule has 0 radical (unpaired) electrons. The van der Waals surface area contributed by atoms with E-state index < -0.39 is 0 Å². The SMILES string of the molecule is CCNC(=NCCCCCCCC(=O)OCC)N1CCOC(c2cnn(C)c2)C1. The number of ether oxygens (including phenoxy) is 2. The van der Waals surface area contributed by atoms with Crippen molar-refractivity contribution in [3.8, 4) is 0 Å². The summed E-state index contributed by atoms with van der Waals surface area (Å²) in [6.07, 6.45) is 9.75. The molecule has 0 spiro atoms. The van der Waals surface area contributed by atoms with E-state index >= 15 is 0 Å². The molecule has 1 atom stereocenters. The van der Waals surface area contributed by atoms with Crippen LogP contribution in [0.4, 0.5) is 0 Å². The second-order valence-electron chi connectivity index (χ2n) is 7.31. The Labute approximate surface area is 174 Å². The van der Waals surface area contributed by atoms with Crippen LogP contribution in [0.15, 0.2) is 17.4 Å². The first-order chi connectivity index (χ1) is 14.1. The second kappa shape index (κ2) is 13.2. The molecule has 1 aliphatic rings. The Morgan fingerprint density at radius 3 is 2.83 bits per heavy atom. The minimum absolute atomic E-state index is 0.0284. The highest BCUT2D eigenvalue weighted by Crippen LogP contribution is 2.21. The highest BCUT2D eigenvalue weighted by atomic mass is 16.5. The molecule has 8 nitrogen and oxygen atoms in total. The standard InChI is InChI=1S/C21H37N5O3/c1-4-22-21(23-12-10-8-6-7-9-11-20(27)28-5-2)26-13-14-29-19(17-26)18-15-24-25(3)16-18/h15-16,19H,4-14,17H2,1-3H3,(H,22,23). The summed E-state index contributed by atoms with van der Waals surface area (Å²) in [5, 5.41) is 7.67. The fraction of sp³-hybridized carbons (Fsp3) is 0.762. The van der Waals surface area contributed by atoms with Crippen LogP contribution < -0.4 is 5.32 Å². The number of esters is 1. The summed E-state index contributed by atoms with van der Waals surface area (Å²) < 4.78 is 12.7. The third kappa shape index (κ3) is 8.43. The summed E-state index contributed by atoms with van der Waals surface area (Å²) in [7, 11) is 1.92. The highest BCUT2D eigenvalue weighted by molar-refractivity contribution is 5.80. The van der Waals surface area contributed by atoms with Crippen molar-refractivity contribution < 1.29 is 14.3 Å². The van der Waals surface area contributed by atoms with E-state index in [4.69, 9.17) is 14.5 Å². The normalized spacial score (nSPS) is 17.4. The van der Waals surface area contributed by atoms with E-state index in [1.54, 1.807) is 0 Å². The van der Waals surface area contributed by atoms with Gasteiger partial charge in [-0.2, -0.15) is 5.10 Å². The summed E-state index contributed by atoms with van der Waals surface area (Å²) in [5.41, 5.74) is 1.11. The third-order valence-corrected chi connectivity index (χ3v) is 4.90. The molecule has 0 aliphatic carbocycles. The average Bonchev–Trinajstić information content (AvgIpc) is 3.16. The van der Waals surface area contributed by atoms with E-state index in [9.17, 15) is 4.79 Å². The van der Waals surface area contributed by atoms with Gasteiger partial charge < -0.3 is 19.7 Å². The average molecular weight is 408 g/mol. The van der Waals surface area contributed by atoms with Gasteiger partial charge in [0, 0.05) is 44.9 Å². The number of carbonyl (C=O) groups is 1. The first-order valence-corrected chi connectivity index (χ1v) is 10.9. The van der Waals surface area contributed by atoms with Crippen LogP contribution in [0.5, 0.6) is 0 Å². The van der Waals surface area contributed by atoms with E-state index in [0.717, 1.165) is 69.8 Å². The topological polar surface area (TPSA) is 81.0 Å². The fourth-order valence-corrected chi connectivity index (χ4v) is 3.41. The number of unbranched alkanes of at least 4 members (excludes halogenated alkanes) is 4. The summed E-state index contributed by atoms with van der Waals surface area (Å²) >= 11 is 0. The zero-order valence-electron chi connectivity index (χ0n) is 18.2. The molecule has 2 heterocycles. The van der Waals surface area contributed by atoms with Crippen molar-refractivity contribution in [3.05, 3.63) is 18.0 Å². The number of aryl methyl sites for hydroxylation is 1. The van der Waals surface area contributed by atoms with Gasteiger partial charge in [0.2, 0.25) is 0 Å². The van der Waals surface area contributed by atoms with Crippen molar-refractivity contribution in [1.82, 2.24) is 20.0 Å². The van der Waals surface area contributed by atoms with Gasteiger partial charge in [-0.05, 0) is 26.7 Å². The molecular formula is C21H37N5O3. The summed E-state index contributed by atoms with van der Waals surface area (Å²) in [6.45, 7) is 8.38. The zero-order chi connectivity index (χ0) is 20.9. The highest BCUT2D eigenvalue weighted by Gasteiger charge is 2.25. The number of nitrogens with one attached hydrogen (secondary N) is 1. The number of guanidine groups is 1. The molecule has 1 aliphatic heterocycles. The number of morpholine rings is 1. The Morgan fingerprint density at radius 1 is 1.31 bits per heavy atom. The van der Waals surface area contributed by atoms with E-state index in [-0.39, 0.29) is 12.1 Å². The number of aliphatic imine (C=N–C) groups is 1. The van der Waals surface area contributed by atoms with Crippen LogP contribution in [0.25, 0.3) is 0 Å². The molecule has 1 aromatic heterocycles. The molecule has 0 bridgehead atoms. The third-order valence-electron chi connectivity index (χ3n) is 4.90. The van der Waals surface area contributed by atoms with Crippen molar-refractivity contribution in [2.24, 2.45) is 12.0 Å². The lowest BCUT2D eigenvalue weighted by Gasteiger charge is -2.34. The maximum atomic E-state index is 11.3. The van der Waals surface area contributed by atoms with Gasteiger partial charge in [0.05, 0.1) is 26.0 Å². The van der Waals surface area contributed by atoms with Gasteiger partial charge in [-0.3, -0.25) is 14.5 Å². The van der Waals surface area contributed by atoms with Crippen LogP contribution in [-0.2, 0) is 21.3 Å². The summed E-state index contributed by atoms with van der Waals surface area (Å²) in [6, 6.07) is 0. The lowest BCUT2D eigenvalue weighted by Crippen LogP contribution is -2.48. The molecule has 0 saturated carbocycles. The Bertz CT molecular complexity index is 632. The van der Waals surface area contributed by atoms with Gasteiger partial charge in [-0.15, -0.1) is 0 Å². The lowest BCUT2D eigenvalue weighted by molar-refractivity contribution is -0.143. The molecule has 29 heavy (non-hydrogen) atoms. The molecule has 164 valence electrons. The predicted octanol–water partition coefficient (Wildman–Crippen LogP) is 2.66. The van der Waals surface area contributed by atoms with Gasteiger partial charge in [-0.25, -0.2) is 0 Å². The number of hydrogen-bond donors (Lipinski definition) is 1. The first-order valence-electron chi connectivity index (χ1n) is 10.9. The molecular weight excluding hydrogens is 370 g/mol. The molecule has 0 amide bonds. The van der Waals surface area contributed by atoms with Crippen molar-refractivity contribution in [2.45, 2.75) is 58.5 Å². The van der Waals surface area contributed by atoms with Crippen LogP contribution in [0.1, 0.15) is 64.0 Å². The molecule has 0 aromatic carbocycles. The maximum Gasteiger partial charge on any atom is 0.305 e. The molecule has 2 rings (SSSR count). The Kier molecular flexibility index (Phi) is 10.5. The second-order valence-corrected chi connectivity index (χ2v) is 7.31. The molecule has 1 fully saturated rings. The smallest absolute Gasteiger partial charge is 0.305 e. The van der Waals surface area contributed by atoms with Gasteiger partial charge >= 0.3 is 5.97 Å². The van der Waals surface area contributed by atoms with Gasteiger partial charge in [0.15, 0.2) is 5.96 Å². The first kappa shape index (κ1) is 23.2. The molecule has 1 N–H and O–H groups in total. The molecule has 1 saturated heterocycles. The van der Waals surface area contributed by atoms with Crippen LogP contribution in [0.2, 0.25) is 0 Å². The molecule has 8 heteroatoms. The Morgan fingerprint density at radius 2 is 2.10 bits per heavy atom. The number of hydrogen-bond acceptors (Lipinski definition) is 5. The van der Waals surface area contributed by atoms with E-state index in [0.29, 0.717) is 19.6 Å². The van der Waals surface area contributed by atoms with Crippen LogP contribution in [0, 0.1) is 0 Å². The van der Waals surface area contributed by atoms with Crippen molar-refractivity contribution in [3.63, 3.8) is 0 Å². The lowest BCUT2D eigenvalue weighted by atomic mass is 10.1. The number of rotatable bonds is 11. The largest absolute Gasteiger partial charge is 0.466 e. The fourth-order valence-electron chi connectivity index (χ4n) is 3.41. The van der Waals surface area contributed by atoms with Gasteiger partial charge in [0.25, 0.3) is 0 Å². The Balaban J connectivity index is 1.71. The summed E-state index contributed by atoms with van der Waals surface area (Å²) in [5.74, 6) is 0.884. The van der Waals surface area contributed by atoms with E-state index in [1.165, 1.54) is 0 Å². The van der Waals surface area contributed by atoms with Crippen LogP contribution in [0.3, 0.4) is 0 Å². The van der Waals surface area contributed by atoms with Crippen molar-refractivity contribution in [2.75, 3.05) is 39.4 Å². The molecule has 1 aromatic rings. The Hall–Kier alpha value is -2.09. The van der Waals surface area contributed by atoms with Crippen LogP contribution >= 0.6 is 0 Å². The summed E-state index contributed by atoms with van der Waals surface area (Å²) in [4.78, 5) is 18.4. The van der Waals surface area contributed by atoms with Gasteiger partial charge in [0.1, 0.15) is 6.10 Å². The minimum Gasteiger partial charge on any atom is -0.466 e. The van der Waals surface area contributed by atoms with Gasteiger partial charge in [-0.1, -0.05) is 19.3 Å². The number of carbonyl (C=O) groups excluding carboxylic acids is 1. The maximum absolute atomic E-state index is 11.3. The van der Waals surface area contributed by atoms with E-state index in [1.807, 2.05) is 31.0 Å². The van der Waals surface area contributed by atoms with Crippen molar-refractivity contribution in [1.29, 1.82) is 0 Å².